The summed E-state index contributed by atoms with van der Waals surface area (Å²) in [6.07, 6.45) is 6.81. The Morgan fingerprint density at radius 2 is 2.20 bits per heavy atom. The van der Waals surface area contributed by atoms with E-state index in [4.69, 9.17) is 0 Å². The van der Waals surface area contributed by atoms with Crippen molar-refractivity contribution in [3.8, 4) is 0 Å². The summed E-state index contributed by atoms with van der Waals surface area (Å²) in [6, 6.07) is 1.15. The molecular weight excluding hydrogens is 280 g/mol. The van der Waals surface area contributed by atoms with Gasteiger partial charge < -0.3 is 4.98 Å². The van der Waals surface area contributed by atoms with E-state index in [-0.39, 0.29) is 11.6 Å². The molecule has 1 aliphatic heterocycles. The molecule has 0 amide bonds. The van der Waals surface area contributed by atoms with Gasteiger partial charge in [-0.1, -0.05) is 6.42 Å². The second kappa shape index (κ2) is 4.71. The van der Waals surface area contributed by atoms with E-state index in [1.807, 2.05) is 0 Å². The van der Waals surface area contributed by atoms with Crippen LogP contribution in [0.1, 0.15) is 31.0 Å². The van der Waals surface area contributed by atoms with Gasteiger partial charge in [-0.25, -0.2) is 13.4 Å². The maximum Gasteiger partial charge on any atom is 0.259 e. The molecule has 7 nitrogen and oxygen atoms in total. The number of nitrogens with zero attached hydrogens (tertiary/aromatic N) is 3. The van der Waals surface area contributed by atoms with E-state index in [0.29, 0.717) is 24.4 Å². The van der Waals surface area contributed by atoms with Gasteiger partial charge >= 0.3 is 0 Å². The molecule has 1 saturated heterocycles. The molecule has 1 unspecified atom stereocenters. The van der Waals surface area contributed by atoms with Crippen molar-refractivity contribution in [1.29, 1.82) is 0 Å². The molecule has 0 radical (unpaired) electrons. The highest BCUT2D eigenvalue weighted by molar-refractivity contribution is 7.88. The van der Waals surface area contributed by atoms with Crippen molar-refractivity contribution in [3.05, 3.63) is 34.5 Å². The van der Waals surface area contributed by atoms with Gasteiger partial charge in [0.2, 0.25) is 15.8 Å². The third-order valence-corrected chi connectivity index (χ3v) is 4.94. The Labute approximate surface area is 116 Å². The first kappa shape index (κ1) is 13.3. The molecule has 1 fully saturated rings. The van der Waals surface area contributed by atoms with Crippen molar-refractivity contribution in [1.82, 2.24) is 18.7 Å². The number of sulfonamides is 1. The van der Waals surface area contributed by atoms with Crippen molar-refractivity contribution in [2.45, 2.75) is 25.3 Å². The van der Waals surface area contributed by atoms with Crippen LogP contribution in [0.25, 0.3) is 5.78 Å². The quantitative estimate of drug-likeness (QED) is 0.874. The van der Waals surface area contributed by atoms with Crippen LogP contribution in [0, 0.1) is 0 Å². The zero-order valence-corrected chi connectivity index (χ0v) is 11.9. The van der Waals surface area contributed by atoms with E-state index in [0.717, 1.165) is 12.8 Å². The summed E-state index contributed by atoms with van der Waals surface area (Å²) in [5.74, 6) is 0.437. The number of aromatic amines is 1. The first-order valence-electron chi connectivity index (χ1n) is 6.50. The number of H-pyrrole nitrogens is 1. The van der Waals surface area contributed by atoms with Crippen molar-refractivity contribution in [2.75, 3.05) is 12.8 Å². The predicted molar refractivity (Wildman–Crippen MR) is 74.0 cm³/mol. The maximum absolute atomic E-state index is 12.0. The first-order valence-corrected chi connectivity index (χ1v) is 8.35. The van der Waals surface area contributed by atoms with Crippen LogP contribution >= 0.6 is 0 Å². The maximum atomic E-state index is 12.0. The molecule has 2 aromatic heterocycles. The van der Waals surface area contributed by atoms with Gasteiger partial charge in [0.15, 0.2) is 0 Å². The van der Waals surface area contributed by atoms with Gasteiger partial charge in [-0.3, -0.25) is 9.20 Å². The van der Waals surface area contributed by atoms with Gasteiger partial charge in [0.25, 0.3) is 5.56 Å². The van der Waals surface area contributed by atoms with Crippen LogP contribution in [0.3, 0.4) is 0 Å². The minimum atomic E-state index is -3.29. The van der Waals surface area contributed by atoms with E-state index >= 15 is 0 Å². The molecule has 0 spiro atoms. The van der Waals surface area contributed by atoms with Crippen molar-refractivity contribution < 1.29 is 8.42 Å². The third kappa shape index (κ3) is 2.25. The molecule has 8 heteroatoms. The molecule has 1 atom stereocenters. The van der Waals surface area contributed by atoms with Crippen LogP contribution in [-0.4, -0.2) is 39.9 Å². The summed E-state index contributed by atoms with van der Waals surface area (Å²) in [4.78, 5) is 19.1. The fraction of sp³-hybridized carbons (Fsp3) is 0.500. The second-order valence-electron chi connectivity index (χ2n) is 5.07. The largest absolute Gasteiger partial charge is 0.327 e. The van der Waals surface area contributed by atoms with Gasteiger partial charge in [-0.05, 0) is 12.8 Å². The van der Waals surface area contributed by atoms with Gasteiger partial charge in [0.1, 0.15) is 0 Å². The van der Waals surface area contributed by atoms with E-state index < -0.39 is 10.0 Å². The summed E-state index contributed by atoms with van der Waals surface area (Å²) < 4.78 is 26.6. The lowest BCUT2D eigenvalue weighted by Gasteiger charge is -2.33. The molecule has 0 aliphatic carbocycles. The lowest BCUT2D eigenvalue weighted by molar-refractivity contribution is 0.253. The first-order chi connectivity index (χ1) is 9.47. The van der Waals surface area contributed by atoms with Gasteiger partial charge in [-0.2, -0.15) is 4.31 Å². The van der Waals surface area contributed by atoms with E-state index in [1.54, 1.807) is 6.20 Å². The lowest BCUT2D eigenvalue weighted by Crippen LogP contribution is -2.38. The number of hydrogen-bond donors (Lipinski definition) is 1. The Morgan fingerprint density at radius 3 is 2.95 bits per heavy atom. The Balaban J connectivity index is 2.10. The summed E-state index contributed by atoms with van der Waals surface area (Å²) in [5.41, 5.74) is 0.407. The SMILES string of the molecule is CS(=O)(=O)N1CCCCC1c1cc(=O)n2ccnc2[nH]1. The highest BCUT2D eigenvalue weighted by Gasteiger charge is 2.31. The Kier molecular flexibility index (Phi) is 3.14. The molecule has 0 aromatic carbocycles. The van der Waals surface area contributed by atoms with Crippen molar-refractivity contribution >= 4 is 15.8 Å². The number of hydrogen-bond acceptors (Lipinski definition) is 4. The highest BCUT2D eigenvalue weighted by Crippen LogP contribution is 2.31. The number of piperidine rings is 1. The third-order valence-electron chi connectivity index (χ3n) is 3.65. The van der Waals surface area contributed by atoms with E-state index in [9.17, 15) is 13.2 Å². The van der Waals surface area contributed by atoms with Crippen molar-refractivity contribution in [3.63, 3.8) is 0 Å². The number of rotatable bonds is 2. The molecule has 0 bridgehead atoms. The minimum absolute atomic E-state index is 0.203. The Hall–Kier alpha value is -1.67. The average Bonchev–Trinajstić information content (AvgIpc) is 2.86. The number of imidazole rings is 1. The fourth-order valence-electron chi connectivity index (χ4n) is 2.73. The Morgan fingerprint density at radius 1 is 1.40 bits per heavy atom. The van der Waals surface area contributed by atoms with Crippen LogP contribution < -0.4 is 5.56 Å². The van der Waals surface area contributed by atoms with E-state index in [1.165, 1.54) is 27.2 Å². The standard InChI is InChI=1S/C12H16N4O3S/c1-20(18,19)16-6-3-2-4-10(16)9-8-11(17)15-7-5-13-12(15)14-9/h5,7-8,10H,2-4,6H2,1H3,(H,13,14). The number of fused-ring (bicyclic) bond motifs is 1. The molecule has 2 aromatic rings. The van der Waals surface area contributed by atoms with Crippen LogP contribution in [0.5, 0.6) is 0 Å². The smallest absolute Gasteiger partial charge is 0.259 e. The second-order valence-corrected chi connectivity index (χ2v) is 7.00. The van der Waals surface area contributed by atoms with E-state index in [2.05, 4.69) is 9.97 Å². The van der Waals surface area contributed by atoms with Crippen LogP contribution in [0.4, 0.5) is 0 Å². The zero-order valence-electron chi connectivity index (χ0n) is 11.1. The Bertz CT molecular complexity index is 792. The molecule has 3 rings (SSSR count). The zero-order chi connectivity index (χ0) is 14.3. The van der Waals surface area contributed by atoms with Crippen LogP contribution in [0.15, 0.2) is 23.3 Å². The summed E-state index contributed by atoms with van der Waals surface area (Å²) in [7, 11) is -3.29. The highest BCUT2D eigenvalue weighted by atomic mass is 32.2. The molecule has 1 N–H and O–H groups in total. The molecule has 108 valence electrons. The molecule has 3 heterocycles. The molecular formula is C12H16N4O3S. The number of aromatic nitrogens is 3. The summed E-state index contributed by atoms with van der Waals surface area (Å²) >= 11 is 0. The molecule has 1 aliphatic rings. The van der Waals surface area contributed by atoms with Crippen molar-refractivity contribution in [2.24, 2.45) is 0 Å². The average molecular weight is 296 g/mol. The monoisotopic (exact) mass is 296 g/mol. The number of nitrogens with one attached hydrogen (secondary N) is 1. The summed E-state index contributed by atoms with van der Waals surface area (Å²) in [5, 5.41) is 0. The molecule has 20 heavy (non-hydrogen) atoms. The minimum Gasteiger partial charge on any atom is -0.327 e. The normalized spacial score (nSPS) is 21.4. The van der Waals surface area contributed by atoms with Crippen LogP contribution in [-0.2, 0) is 10.0 Å². The predicted octanol–water partition coefficient (Wildman–Crippen LogP) is 0.509. The van der Waals surface area contributed by atoms with Crippen LogP contribution in [0.2, 0.25) is 0 Å². The summed E-state index contributed by atoms with van der Waals surface area (Å²) in [6.45, 7) is 0.491. The lowest BCUT2D eigenvalue weighted by atomic mass is 10.0. The van der Waals surface area contributed by atoms with Gasteiger partial charge in [0, 0.05) is 30.7 Å². The topological polar surface area (TPSA) is 87.5 Å². The van der Waals surface area contributed by atoms with Gasteiger partial charge in [0.05, 0.1) is 12.3 Å². The fourth-order valence-corrected chi connectivity index (χ4v) is 3.88. The molecule has 0 saturated carbocycles. The van der Waals surface area contributed by atoms with Gasteiger partial charge in [-0.15, -0.1) is 0 Å².